The van der Waals surface area contributed by atoms with Gasteiger partial charge in [-0.2, -0.15) is 0 Å². The van der Waals surface area contributed by atoms with E-state index in [2.05, 4.69) is 0 Å². The fourth-order valence-electron chi connectivity index (χ4n) is 3.48. The van der Waals surface area contributed by atoms with Gasteiger partial charge < -0.3 is 14.9 Å². The van der Waals surface area contributed by atoms with Gasteiger partial charge in [-0.15, -0.1) is 0 Å². The molecule has 1 aliphatic heterocycles. The highest BCUT2D eigenvalue weighted by molar-refractivity contribution is 5.98. The van der Waals surface area contributed by atoms with Crippen molar-refractivity contribution < 1.29 is 24.5 Å². The molecular formula is C19H22O5. The highest BCUT2D eigenvalue weighted by Gasteiger charge is 2.37. The minimum absolute atomic E-state index is 0.0363. The van der Waals surface area contributed by atoms with Crippen LogP contribution in [0.2, 0.25) is 0 Å². The maximum Gasteiger partial charge on any atom is 0.342 e. The average molecular weight is 330 g/mol. The van der Waals surface area contributed by atoms with Crippen molar-refractivity contribution in [2.45, 2.75) is 45.1 Å². The zero-order chi connectivity index (χ0) is 17.3. The number of phenols is 2. The summed E-state index contributed by atoms with van der Waals surface area (Å²) in [5.74, 6) is -0.173. The van der Waals surface area contributed by atoms with Crippen molar-refractivity contribution >= 4 is 11.8 Å². The van der Waals surface area contributed by atoms with Crippen LogP contribution in [0.25, 0.3) is 0 Å². The predicted octanol–water partition coefficient (Wildman–Crippen LogP) is 3.13. The van der Waals surface area contributed by atoms with Gasteiger partial charge in [-0.3, -0.25) is 4.79 Å². The molecule has 2 aliphatic rings. The second kappa shape index (κ2) is 6.67. The molecule has 5 nitrogen and oxygen atoms in total. The van der Waals surface area contributed by atoms with Crippen molar-refractivity contribution in [3.8, 4) is 11.5 Å². The van der Waals surface area contributed by atoms with Crippen LogP contribution in [-0.2, 0) is 16.0 Å². The number of ether oxygens (including phenoxy) is 1. The van der Waals surface area contributed by atoms with Crippen molar-refractivity contribution in [2.24, 2.45) is 11.8 Å². The largest absolute Gasteiger partial charge is 0.508 e. The zero-order valence-corrected chi connectivity index (χ0v) is 13.7. The fraction of sp³-hybridized carbons (Fsp3) is 0.474. The number of esters is 1. The minimum Gasteiger partial charge on any atom is -0.508 e. The van der Waals surface area contributed by atoms with Crippen molar-refractivity contribution in [2.75, 3.05) is 0 Å². The highest BCUT2D eigenvalue weighted by Crippen LogP contribution is 2.45. The summed E-state index contributed by atoms with van der Waals surface area (Å²) in [6.45, 7) is 1.85. The van der Waals surface area contributed by atoms with E-state index in [4.69, 9.17) is 4.74 Å². The lowest BCUT2D eigenvalue weighted by molar-refractivity contribution is -0.114. The Morgan fingerprint density at radius 1 is 1.12 bits per heavy atom. The quantitative estimate of drug-likeness (QED) is 0.714. The molecular weight excluding hydrogens is 308 g/mol. The Morgan fingerprint density at radius 2 is 1.92 bits per heavy atom. The van der Waals surface area contributed by atoms with E-state index in [0.717, 1.165) is 31.7 Å². The molecule has 1 saturated carbocycles. The summed E-state index contributed by atoms with van der Waals surface area (Å²) in [5.41, 5.74) is 0.242. The lowest BCUT2D eigenvalue weighted by Gasteiger charge is -2.16. The molecule has 24 heavy (non-hydrogen) atoms. The summed E-state index contributed by atoms with van der Waals surface area (Å²) in [6, 6.07) is 2.42. The Kier molecular flexibility index (Phi) is 4.60. The highest BCUT2D eigenvalue weighted by atomic mass is 16.5. The third-order valence-electron chi connectivity index (χ3n) is 4.77. The first-order chi connectivity index (χ1) is 11.4. The van der Waals surface area contributed by atoms with Gasteiger partial charge in [-0.1, -0.05) is 6.08 Å². The van der Waals surface area contributed by atoms with E-state index in [1.54, 1.807) is 0 Å². The zero-order valence-electron chi connectivity index (χ0n) is 13.7. The Hall–Kier alpha value is -2.30. The molecule has 0 unspecified atom stereocenters. The molecule has 1 heterocycles. The van der Waals surface area contributed by atoms with E-state index < -0.39 is 5.97 Å². The molecule has 1 aromatic rings. The van der Waals surface area contributed by atoms with Gasteiger partial charge in [0, 0.05) is 12.5 Å². The van der Waals surface area contributed by atoms with Gasteiger partial charge in [0.2, 0.25) is 0 Å². The van der Waals surface area contributed by atoms with Crippen molar-refractivity contribution in [1.29, 1.82) is 0 Å². The van der Waals surface area contributed by atoms with E-state index in [-0.39, 0.29) is 40.9 Å². The molecule has 0 aromatic heterocycles. The molecule has 128 valence electrons. The van der Waals surface area contributed by atoms with Crippen LogP contribution < -0.4 is 0 Å². The normalized spacial score (nSPS) is 29.0. The van der Waals surface area contributed by atoms with Crippen molar-refractivity contribution in [3.05, 3.63) is 35.4 Å². The topological polar surface area (TPSA) is 83.8 Å². The molecule has 0 radical (unpaired) electrons. The number of phenolic OH excluding ortho intramolecular Hbond substituents is 2. The number of allylic oxidation sites excluding steroid dienone is 2. The van der Waals surface area contributed by atoms with Crippen LogP contribution in [0.15, 0.2) is 24.3 Å². The Balaban J connectivity index is 1.92. The average Bonchev–Trinajstić information content (AvgIpc) is 3.19. The summed E-state index contributed by atoms with van der Waals surface area (Å²) in [6.07, 6.45) is 6.93. The third-order valence-corrected chi connectivity index (χ3v) is 4.77. The SMILES string of the molecule is C[C@H]1C[C@@H]2C[C@H]2CC/C=C/C(=O)Cc2cc(O)cc(O)c2C(=O)O1. The number of hydrogen-bond acceptors (Lipinski definition) is 5. The minimum atomic E-state index is -0.652. The van der Waals surface area contributed by atoms with Crippen LogP contribution in [0.5, 0.6) is 11.5 Å². The van der Waals surface area contributed by atoms with Crippen LogP contribution in [0, 0.1) is 11.8 Å². The summed E-state index contributed by atoms with van der Waals surface area (Å²) in [7, 11) is 0. The van der Waals surface area contributed by atoms with E-state index in [0.29, 0.717) is 11.8 Å². The Bertz CT molecular complexity index is 691. The Morgan fingerprint density at radius 3 is 2.71 bits per heavy atom. The van der Waals surface area contributed by atoms with Crippen molar-refractivity contribution in [3.63, 3.8) is 0 Å². The summed E-state index contributed by atoms with van der Waals surface area (Å²) >= 11 is 0. The molecule has 0 spiro atoms. The second-order valence-electron chi connectivity index (χ2n) is 6.83. The van der Waals surface area contributed by atoms with Gasteiger partial charge in [0.15, 0.2) is 5.78 Å². The van der Waals surface area contributed by atoms with Gasteiger partial charge in [0.1, 0.15) is 17.1 Å². The van der Waals surface area contributed by atoms with Crippen LogP contribution >= 0.6 is 0 Å². The number of cyclic esters (lactones) is 1. The van der Waals surface area contributed by atoms with Crippen LogP contribution in [0.3, 0.4) is 0 Å². The first kappa shape index (κ1) is 16.6. The fourth-order valence-corrected chi connectivity index (χ4v) is 3.48. The van der Waals surface area contributed by atoms with Gasteiger partial charge in [0.05, 0.1) is 6.10 Å². The smallest absolute Gasteiger partial charge is 0.342 e. The van der Waals surface area contributed by atoms with E-state index in [1.165, 1.54) is 12.1 Å². The van der Waals surface area contributed by atoms with E-state index in [1.807, 2.05) is 13.0 Å². The number of aromatic hydroxyl groups is 2. The number of carbonyl (C=O) groups is 2. The molecule has 5 heteroatoms. The standard InChI is InChI=1S/C19H22O5/c1-11-6-13-7-12(13)4-2-3-5-15(20)8-14-9-16(21)10-17(22)18(14)19(23)24-11/h3,5,9-13,21-22H,2,4,6-8H2,1H3/b5-3+/t11-,12+,13+/m0/s1. The van der Waals surface area contributed by atoms with E-state index >= 15 is 0 Å². The number of fused-ring (bicyclic) bond motifs is 2. The summed E-state index contributed by atoms with van der Waals surface area (Å²) in [5, 5.41) is 19.7. The number of carbonyl (C=O) groups excluding carboxylic acids is 2. The molecule has 3 atom stereocenters. The number of hydrogen-bond donors (Lipinski definition) is 2. The van der Waals surface area contributed by atoms with E-state index in [9.17, 15) is 19.8 Å². The van der Waals surface area contributed by atoms with Crippen LogP contribution in [0.4, 0.5) is 0 Å². The van der Waals surface area contributed by atoms with Gasteiger partial charge in [-0.05, 0) is 62.1 Å². The molecule has 3 rings (SSSR count). The maximum atomic E-state index is 12.5. The lowest BCUT2D eigenvalue weighted by atomic mass is 9.99. The third kappa shape index (κ3) is 3.78. The molecule has 2 N–H and O–H groups in total. The summed E-state index contributed by atoms with van der Waals surface area (Å²) < 4.78 is 5.46. The number of ketones is 1. The van der Waals surface area contributed by atoms with Crippen molar-refractivity contribution in [1.82, 2.24) is 0 Å². The second-order valence-corrected chi connectivity index (χ2v) is 6.83. The molecule has 1 fully saturated rings. The van der Waals surface area contributed by atoms with Gasteiger partial charge in [-0.25, -0.2) is 4.79 Å². The van der Waals surface area contributed by atoms with Crippen LogP contribution in [-0.4, -0.2) is 28.1 Å². The molecule has 0 saturated heterocycles. The number of benzene rings is 1. The molecule has 1 aliphatic carbocycles. The Labute approximate surface area is 140 Å². The first-order valence-corrected chi connectivity index (χ1v) is 8.39. The summed E-state index contributed by atoms with van der Waals surface area (Å²) in [4.78, 5) is 24.6. The first-order valence-electron chi connectivity index (χ1n) is 8.39. The predicted molar refractivity (Wildman–Crippen MR) is 87.9 cm³/mol. The van der Waals surface area contributed by atoms with Crippen LogP contribution in [0.1, 0.15) is 48.5 Å². The number of rotatable bonds is 0. The molecule has 0 amide bonds. The lowest BCUT2D eigenvalue weighted by Crippen LogP contribution is -2.18. The van der Waals surface area contributed by atoms with Gasteiger partial charge in [0.25, 0.3) is 0 Å². The maximum absolute atomic E-state index is 12.5. The van der Waals surface area contributed by atoms with Gasteiger partial charge >= 0.3 is 5.97 Å². The monoisotopic (exact) mass is 330 g/mol. The molecule has 0 bridgehead atoms. The molecule has 1 aromatic carbocycles.